The fourth-order valence-corrected chi connectivity index (χ4v) is 2.41. The van der Waals surface area contributed by atoms with Crippen molar-refractivity contribution < 1.29 is 0 Å². The third-order valence-electron chi connectivity index (χ3n) is 1.62. The molecule has 0 bridgehead atoms. The van der Waals surface area contributed by atoms with Crippen LogP contribution in [0.3, 0.4) is 0 Å². The molecule has 1 heterocycles. The van der Waals surface area contributed by atoms with E-state index < -0.39 is 0 Å². The Labute approximate surface area is 99.6 Å². The molecule has 0 saturated heterocycles. The molecule has 68 valence electrons. The minimum absolute atomic E-state index is 0.385. The number of aromatic nitrogens is 1. The second kappa shape index (κ2) is 4.38. The van der Waals surface area contributed by atoms with E-state index in [9.17, 15) is 0 Å². The molecule has 1 aromatic rings. The minimum atomic E-state index is 0.385. The summed E-state index contributed by atoms with van der Waals surface area (Å²) in [5.41, 5.74) is 1.63. The second-order valence-electron chi connectivity index (χ2n) is 2.96. The molecule has 1 rings (SSSR count). The summed E-state index contributed by atoms with van der Waals surface area (Å²) >= 11 is 5.48. The van der Waals surface area contributed by atoms with Gasteiger partial charge in [-0.2, -0.15) is 5.26 Å². The average Bonchev–Trinajstić information content (AvgIpc) is 2.07. The molecular weight excluding hydrogens is 343 g/mol. The van der Waals surface area contributed by atoms with Gasteiger partial charge in [0.25, 0.3) is 0 Å². The summed E-state index contributed by atoms with van der Waals surface area (Å²) < 4.78 is 1.69. The van der Waals surface area contributed by atoms with Crippen molar-refractivity contribution in [3.05, 3.63) is 25.5 Å². The largest absolute Gasteiger partial charge is 0.243 e. The van der Waals surface area contributed by atoms with Crippen LogP contribution in [0.25, 0.3) is 0 Å². The lowest BCUT2D eigenvalue weighted by Gasteiger charge is -2.08. The Morgan fingerprint density at radius 2 is 2.23 bits per heavy atom. The predicted octanol–water partition coefficient (Wildman–Crippen LogP) is 3.44. The Hall–Kier alpha value is -0.150. The fourth-order valence-electron chi connectivity index (χ4n) is 0.963. The molecule has 0 unspecified atom stereocenters. The zero-order chi connectivity index (χ0) is 10.0. The van der Waals surface area contributed by atoms with Crippen LogP contribution in [-0.4, -0.2) is 4.98 Å². The lowest BCUT2D eigenvalue weighted by molar-refractivity contribution is 0.810. The molecule has 0 spiro atoms. The summed E-state index contributed by atoms with van der Waals surface area (Å²) in [4.78, 5) is 4.33. The first kappa shape index (κ1) is 10.9. The number of hydrogen-bond acceptors (Lipinski definition) is 2. The fraction of sp³-hybridized carbons (Fsp3) is 0.333. The highest BCUT2D eigenvalue weighted by atomic mass is 127. The van der Waals surface area contributed by atoms with Gasteiger partial charge in [-0.15, -0.1) is 0 Å². The Morgan fingerprint density at radius 3 is 2.69 bits per heavy atom. The minimum Gasteiger partial charge on any atom is -0.243 e. The van der Waals surface area contributed by atoms with Gasteiger partial charge in [0.05, 0.1) is 11.3 Å². The van der Waals surface area contributed by atoms with E-state index in [1.807, 2.05) is 6.07 Å². The standard InChI is InChI=1S/C9H8BrIN2/c1-5(2)8-7(11)3-6(4-12)9(10)13-8/h3,5H,1-2H3. The van der Waals surface area contributed by atoms with E-state index in [1.54, 1.807) is 0 Å². The highest BCUT2D eigenvalue weighted by Crippen LogP contribution is 2.24. The van der Waals surface area contributed by atoms with Gasteiger partial charge in [-0.1, -0.05) is 13.8 Å². The van der Waals surface area contributed by atoms with Gasteiger partial charge in [0, 0.05) is 3.57 Å². The van der Waals surface area contributed by atoms with Gasteiger partial charge < -0.3 is 0 Å². The zero-order valence-corrected chi connectivity index (χ0v) is 11.0. The summed E-state index contributed by atoms with van der Waals surface area (Å²) in [7, 11) is 0. The Bertz CT molecular complexity index is 369. The molecule has 1 aromatic heterocycles. The summed E-state index contributed by atoms with van der Waals surface area (Å²) in [5, 5.41) is 8.75. The van der Waals surface area contributed by atoms with E-state index in [-0.39, 0.29) is 0 Å². The molecule has 0 saturated carbocycles. The number of nitriles is 1. The van der Waals surface area contributed by atoms with Gasteiger partial charge in [-0.3, -0.25) is 0 Å². The van der Waals surface area contributed by atoms with Crippen molar-refractivity contribution in [3.63, 3.8) is 0 Å². The highest BCUT2D eigenvalue weighted by molar-refractivity contribution is 14.1. The number of hydrogen-bond donors (Lipinski definition) is 0. The first-order valence-corrected chi connectivity index (χ1v) is 5.69. The summed E-state index contributed by atoms with van der Waals surface area (Å²) in [6, 6.07) is 3.94. The molecule has 0 atom stereocenters. The molecule has 13 heavy (non-hydrogen) atoms. The van der Waals surface area contributed by atoms with E-state index in [0.29, 0.717) is 16.1 Å². The Balaban J connectivity index is 3.31. The number of pyridine rings is 1. The summed E-state index contributed by atoms with van der Waals surface area (Å²) in [5.74, 6) is 0.385. The van der Waals surface area contributed by atoms with Crippen molar-refractivity contribution in [2.24, 2.45) is 0 Å². The normalized spacial score (nSPS) is 10.2. The van der Waals surface area contributed by atoms with Crippen LogP contribution in [0.15, 0.2) is 10.7 Å². The van der Waals surface area contributed by atoms with Crippen LogP contribution in [0, 0.1) is 14.9 Å². The predicted molar refractivity (Wildman–Crippen MR) is 63.5 cm³/mol. The van der Waals surface area contributed by atoms with E-state index in [4.69, 9.17) is 5.26 Å². The molecule has 0 fully saturated rings. The van der Waals surface area contributed by atoms with Gasteiger partial charge in [0.2, 0.25) is 0 Å². The van der Waals surface area contributed by atoms with Crippen molar-refractivity contribution in [2.45, 2.75) is 19.8 Å². The van der Waals surface area contributed by atoms with Crippen LogP contribution in [0.5, 0.6) is 0 Å². The number of rotatable bonds is 1. The molecule has 2 nitrogen and oxygen atoms in total. The quantitative estimate of drug-likeness (QED) is 0.574. The maximum Gasteiger partial charge on any atom is 0.124 e. The van der Waals surface area contributed by atoms with Crippen LogP contribution in [-0.2, 0) is 0 Å². The maximum atomic E-state index is 8.75. The van der Waals surface area contributed by atoms with Crippen molar-refractivity contribution in [3.8, 4) is 6.07 Å². The third-order valence-corrected chi connectivity index (χ3v) is 3.09. The molecule has 0 aliphatic carbocycles. The molecule has 0 aliphatic rings. The van der Waals surface area contributed by atoms with Gasteiger partial charge in [-0.05, 0) is 50.5 Å². The first-order valence-electron chi connectivity index (χ1n) is 3.82. The van der Waals surface area contributed by atoms with E-state index in [2.05, 4.69) is 63.4 Å². The smallest absolute Gasteiger partial charge is 0.124 e. The number of nitrogens with zero attached hydrogens (tertiary/aromatic N) is 2. The monoisotopic (exact) mass is 350 g/mol. The topological polar surface area (TPSA) is 36.7 Å². The van der Waals surface area contributed by atoms with E-state index in [0.717, 1.165) is 9.26 Å². The molecule has 0 aromatic carbocycles. The van der Waals surface area contributed by atoms with Crippen molar-refractivity contribution in [1.82, 2.24) is 4.98 Å². The van der Waals surface area contributed by atoms with Gasteiger partial charge >= 0.3 is 0 Å². The maximum absolute atomic E-state index is 8.75. The zero-order valence-electron chi connectivity index (χ0n) is 7.31. The van der Waals surface area contributed by atoms with Crippen LogP contribution in [0.2, 0.25) is 0 Å². The third kappa shape index (κ3) is 2.41. The molecular formula is C9H8BrIN2. The van der Waals surface area contributed by atoms with Gasteiger partial charge in [-0.25, -0.2) is 4.98 Å². The van der Waals surface area contributed by atoms with E-state index >= 15 is 0 Å². The highest BCUT2D eigenvalue weighted by Gasteiger charge is 2.10. The summed E-state index contributed by atoms with van der Waals surface area (Å²) in [6.07, 6.45) is 0. The van der Waals surface area contributed by atoms with Crippen molar-refractivity contribution in [2.75, 3.05) is 0 Å². The molecule has 4 heteroatoms. The lowest BCUT2D eigenvalue weighted by Crippen LogP contribution is -1.98. The number of halogens is 2. The molecule has 0 N–H and O–H groups in total. The Morgan fingerprint density at radius 1 is 1.62 bits per heavy atom. The molecule has 0 amide bonds. The van der Waals surface area contributed by atoms with Crippen LogP contribution in [0.4, 0.5) is 0 Å². The summed E-state index contributed by atoms with van der Waals surface area (Å²) in [6.45, 7) is 4.17. The second-order valence-corrected chi connectivity index (χ2v) is 4.87. The van der Waals surface area contributed by atoms with Gasteiger partial charge in [0.1, 0.15) is 10.7 Å². The molecule has 0 radical (unpaired) electrons. The first-order chi connectivity index (χ1) is 6.06. The van der Waals surface area contributed by atoms with Crippen LogP contribution >= 0.6 is 38.5 Å². The lowest BCUT2D eigenvalue weighted by atomic mass is 10.1. The molecule has 0 aliphatic heterocycles. The van der Waals surface area contributed by atoms with Crippen LogP contribution in [0.1, 0.15) is 31.0 Å². The van der Waals surface area contributed by atoms with Crippen molar-refractivity contribution in [1.29, 1.82) is 5.26 Å². The Kier molecular flexibility index (Phi) is 3.68. The van der Waals surface area contributed by atoms with Crippen LogP contribution < -0.4 is 0 Å². The van der Waals surface area contributed by atoms with E-state index in [1.165, 1.54) is 0 Å². The van der Waals surface area contributed by atoms with Gasteiger partial charge in [0.15, 0.2) is 0 Å². The average molecular weight is 351 g/mol. The SMILES string of the molecule is CC(C)c1nc(Br)c(C#N)cc1I. The van der Waals surface area contributed by atoms with Crippen molar-refractivity contribution >= 4 is 38.5 Å².